The van der Waals surface area contributed by atoms with Crippen molar-refractivity contribution in [2.45, 2.75) is 12.5 Å². The highest BCUT2D eigenvalue weighted by Gasteiger charge is 2.08. The molecule has 4 N–H and O–H groups in total. The second kappa shape index (κ2) is 7.05. The number of rotatable bonds is 2. The van der Waals surface area contributed by atoms with Gasteiger partial charge in [-0.1, -0.05) is 0 Å². The number of carboxylic acid groups (broad SMARTS) is 2. The predicted octanol–water partition coefficient (Wildman–Crippen LogP) is -0.948. The van der Waals surface area contributed by atoms with E-state index in [9.17, 15) is 9.59 Å². The number of aliphatic hydroxyl groups is 1. The maximum absolute atomic E-state index is 9.55. The van der Waals surface area contributed by atoms with E-state index in [2.05, 4.69) is 5.32 Å². The Bertz CT molecular complexity index is 204. The van der Waals surface area contributed by atoms with Crippen LogP contribution in [0.3, 0.4) is 0 Å². The average molecular weight is 203 g/mol. The topological polar surface area (TPSA) is 107 Å². The predicted molar refractivity (Wildman–Crippen MR) is 47.9 cm³/mol. The van der Waals surface area contributed by atoms with Crippen LogP contribution in [0.25, 0.3) is 0 Å². The Labute approximate surface area is 80.9 Å². The number of aliphatic hydroxyl groups excluding tert-OH is 1. The number of β-amino-alcohol motifs (C(OH)–C–C–N with tert-alkyl or cyclic N) is 1. The lowest BCUT2D eigenvalue weighted by Gasteiger charge is -1.90. The Morgan fingerprint density at radius 1 is 1.21 bits per heavy atom. The highest BCUT2D eigenvalue weighted by atomic mass is 16.4. The lowest BCUT2D eigenvalue weighted by atomic mass is 10.3. The molecular weight excluding hydrogens is 190 g/mol. The molecule has 0 bridgehead atoms. The van der Waals surface area contributed by atoms with Gasteiger partial charge in [0, 0.05) is 18.7 Å². The molecule has 6 heteroatoms. The molecule has 1 saturated heterocycles. The maximum Gasteiger partial charge on any atom is 0.328 e. The molecule has 1 heterocycles. The van der Waals surface area contributed by atoms with Crippen molar-refractivity contribution in [3.8, 4) is 0 Å². The van der Waals surface area contributed by atoms with Gasteiger partial charge in [-0.05, 0) is 13.0 Å². The zero-order valence-corrected chi connectivity index (χ0v) is 7.51. The molecule has 1 aliphatic heterocycles. The quantitative estimate of drug-likeness (QED) is 0.431. The summed E-state index contributed by atoms with van der Waals surface area (Å²) in [6, 6.07) is 0. The Hall–Kier alpha value is -1.40. The van der Waals surface area contributed by atoms with Gasteiger partial charge in [0.2, 0.25) is 0 Å². The standard InChI is InChI=1S/C4H9NO.C4H4O4/c6-4-1-2-5-3-4;5-3(6)1-2-4(7)8/h4-6H,1-3H2;1-2H,(H,5,6)(H,7,8)/b;2-1-/t4-;/m0./s1. The van der Waals surface area contributed by atoms with E-state index in [4.69, 9.17) is 15.3 Å². The molecule has 0 aromatic carbocycles. The third-order valence-electron chi connectivity index (χ3n) is 1.40. The Balaban J connectivity index is 0.000000249. The van der Waals surface area contributed by atoms with Crippen LogP contribution in [0.4, 0.5) is 0 Å². The number of aliphatic carboxylic acids is 2. The highest BCUT2D eigenvalue weighted by molar-refractivity contribution is 5.89. The van der Waals surface area contributed by atoms with Gasteiger partial charge in [0.1, 0.15) is 0 Å². The van der Waals surface area contributed by atoms with Gasteiger partial charge in [0.25, 0.3) is 0 Å². The molecule has 0 amide bonds. The smallest absolute Gasteiger partial charge is 0.328 e. The first-order chi connectivity index (χ1) is 6.52. The van der Waals surface area contributed by atoms with Gasteiger partial charge in [-0.3, -0.25) is 0 Å². The Morgan fingerprint density at radius 3 is 1.86 bits per heavy atom. The summed E-state index contributed by atoms with van der Waals surface area (Å²) in [6.45, 7) is 1.78. The average Bonchev–Trinajstić information content (AvgIpc) is 2.53. The molecule has 0 spiro atoms. The summed E-state index contributed by atoms with van der Waals surface area (Å²) in [4.78, 5) is 19.1. The summed E-state index contributed by atoms with van der Waals surface area (Å²) in [5.41, 5.74) is 0. The highest BCUT2D eigenvalue weighted by Crippen LogP contribution is 1.93. The lowest BCUT2D eigenvalue weighted by molar-refractivity contribution is -0.134. The third-order valence-corrected chi connectivity index (χ3v) is 1.40. The fraction of sp³-hybridized carbons (Fsp3) is 0.500. The van der Waals surface area contributed by atoms with Gasteiger partial charge in [0.15, 0.2) is 0 Å². The van der Waals surface area contributed by atoms with Crippen LogP contribution in [0.15, 0.2) is 12.2 Å². The van der Waals surface area contributed by atoms with Crippen molar-refractivity contribution in [2.24, 2.45) is 0 Å². The van der Waals surface area contributed by atoms with Crippen LogP contribution < -0.4 is 5.32 Å². The van der Waals surface area contributed by atoms with Gasteiger partial charge >= 0.3 is 11.9 Å². The summed E-state index contributed by atoms with van der Waals surface area (Å²) in [6.07, 6.45) is 1.98. The molecule has 1 aliphatic rings. The monoisotopic (exact) mass is 203 g/mol. The van der Waals surface area contributed by atoms with Gasteiger partial charge in [-0.2, -0.15) is 0 Å². The van der Waals surface area contributed by atoms with Crippen LogP contribution >= 0.6 is 0 Å². The van der Waals surface area contributed by atoms with Crippen molar-refractivity contribution in [1.29, 1.82) is 0 Å². The molecule has 1 atom stereocenters. The summed E-state index contributed by atoms with van der Waals surface area (Å²) >= 11 is 0. The van der Waals surface area contributed by atoms with Crippen LogP contribution in [0, 0.1) is 0 Å². The summed E-state index contributed by atoms with van der Waals surface area (Å²) in [5, 5.41) is 27.3. The van der Waals surface area contributed by atoms with Gasteiger partial charge in [-0.25, -0.2) is 9.59 Å². The Kier molecular flexibility index (Phi) is 6.34. The third kappa shape index (κ3) is 8.69. The van der Waals surface area contributed by atoms with Gasteiger partial charge in [-0.15, -0.1) is 0 Å². The molecule has 0 unspecified atom stereocenters. The minimum atomic E-state index is -1.26. The molecule has 14 heavy (non-hydrogen) atoms. The molecule has 1 fully saturated rings. The number of carbonyl (C=O) groups is 2. The number of carboxylic acids is 2. The molecule has 80 valence electrons. The molecule has 0 aromatic heterocycles. The minimum Gasteiger partial charge on any atom is -0.478 e. The van der Waals surface area contributed by atoms with E-state index in [0.717, 1.165) is 19.5 Å². The summed E-state index contributed by atoms with van der Waals surface area (Å²) in [5.74, 6) is -2.51. The number of hydrogen-bond acceptors (Lipinski definition) is 4. The van der Waals surface area contributed by atoms with Crippen molar-refractivity contribution < 1.29 is 24.9 Å². The molecule has 0 aliphatic carbocycles. The number of hydrogen-bond donors (Lipinski definition) is 4. The van der Waals surface area contributed by atoms with Crippen molar-refractivity contribution in [3.05, 3.63) is 12.2 Å². The van der Waals surface area contributed by atoms with Crippen molar-refractivity contribution in [2.75, 3.05) is 13.1 Å². The second-order valence-corrected chi connectivity index (χ2v) is 2.66. The van der Waals surface area contributed by atoms with Crippen molar-refractivity contribution in [1.82, 2.24) is 5.32 Å². The fourth-order valence-corrected chi connectivity index (χ4v) is 0.782. The van der Waals surface area contributed by atoms with E-state index in [1.165, 1.54) is 0 Å². The van der Waals surface area contributed by atoms with E-state index >= 15 is 0 Å². The lowest BCUT2D eigenvalue weighted by Crippen LogP contribution is -2.11. The van der Waals surface area contributed by atoms with Crippen LogP contribution in [0.5, 0.6) is 0 Å². The fourth-order valence-electron chi connectivity index (χ4n) is 0.782. The van der Waals surface area contributed by atoms with Crippen LogP contribution in [-0.4, -0.2) is 46.5 Å². The molecular formula is C8H13NO5. The SMILES string of the molecule is O=C(O)/C=C\C(=O)O.O[C@H]1CCNC1. The van der Waals surface area contributed by atoms with E-state index in [1.807, 2.05) is 0 Å². The van der Waals surface area contributed by atoms with Gasteiger partial charge < -0.3 is 20.6 Å². The Morgan fingerprint density at radius 2 is 1.71 bits per heavy atom. The van der Waals surface area contributed by atoms with Gasteiger partial charge in [0.05, 0.1) is 6.10 Å². The molecule has 0 radical (unpaired) electrons. The first kappa shape index (κ1) is 12.6. The zero-order chi connectivity index (χ0) is 11.0. The first-order valence-corrected chi connectivity index (χ1v) is 4.05. The van der Waals surface area contributed by atoms with Crippen LogP contribution in [0.2, 0.25) is 0 Å². The van der Waals surface area contributed by atoms with Crippen molar-refractivity contribution >= 4 is 11.9 Å². The van der Waals surface area contributed by atoms with E-state index in [1.54, 1.807) is 0 Å². The number of nitrogens with one attached hydrogen (secondary N) is 1. The second-order valence-electron chi connectivity index (χ2n) is 2.66. The van der Waals surface area contributed by atoms with Crippen LogP contribution in [0.1, 0.15) is 6.42 Å². The zero-order valence-electron chi connectivity index (χ0n) is 7.51. The molecule has 0 saturated carbocycles. The maximum atomic E-state index is 9.55. The molecule has 1 rings (SSSR count). The van der Waals surface area contributed by atoms with Crippen LogP contribution in [-0.2, 0) is 9.59 Å². The molecule has 0 aromatic rings. The van der Waals surface area contributed by atoms with E-state index in [0.29, 0.717) is 12.2 Å². The summed E-state index contributed by atoms with van der Waals surface area (Å²) in [7, 11) is 0. The van der Waals surface area contributed by atoms with E-state index < -0.39 is 11.9 Å². The largest absolute Gasteiger partial charge is 0.478 e. The van der Waals surface area contributed by atoms with Crippen molar-refractivity contribution in [3.63, 3.8) is 0 Å². The first-order valence-electron chi connectivity index (χ1n) is 4.05. The normalized spacial score (nSPS) is 20.2. The minimum absolute atomic E-state index is 0.0648. The summed E-state index contributed by atoms with van der Waals surface area (Å²) < 4.78 is 0. The van der Waals surface area contributed by atoms with E-state index in [-0.39, 0.29) is 6.10 Å². The molecule has 6 nitrogen and oxygen atoms in total.